The minimum Gasteiger partial charge on any atom is -0.452 e. The minimum atomic E-state index is -0.453. The molecule has 1 heterocycles. The third-order valence-electron chi connectivity index (χ3n) is 2.21. The Kier molecular flexibility index (Phi) is 3.56. The Morgan fingerprint density at radius 3 is 2.72 bits per heavy atom. The van der Waals surface area contributed by atoms with E-state index in [1.54, 1.807) is 6.07 Å². The first kappa shape index (κ1) is 12.5. The van der Waals surface area contributed by atoms with Crippen molar-refractivity contribution in [3.8, 4) is 6.07 Å². The molecule has 0 unspecified atom stereocenters. The van der Waals surface area contributed by atoms with E-state index in [-0.39, 0.29) is 10.8 Å². The normalized spacial score (nSPS) is 9.83. The van der Waals surface area contributed by atoms with Crippen LogP contribution in [0.15, 0.2) is 34.9 Å². The lowest BCUT2D eigenvalue weighted by atomic mass is 10.2. The number of nitrogens with one attached hydrogen (secondary N) is 1. The maximum Gasteiger partial charge on any atom is 0.260 e. The van der Waals surface area contributed by atoms with E-state index in [1.807, 2.05) is 6.07 Å². The highest BCUT2D eigenvalue weighted by Gasteiger charge is 2.14. The SMILES string of the molecule is N#Cc1ccc(Cl)c(NC(=O)c2ccoc2Cl)c1. The summed E-state index contributed by atoms with van der Waals surface area (Å²) in [6, 6.07) is 7.98. The van der Waals surface area contributed by atoms with E-state index in [0.29, 0.717) is 16.3 Å². The van der Waals surface area contributed by atoms with E-state index < -0.39 is 5.91 Å². The monoisotopic (exact) mass is 280 g/mol. The summed E-state index contributed by atoms with van der Waals surface area (Å²) in [5.41, 5.74) is 0.945. The number of hydrogen-bond donors (Lipinski definition) is 1. The van der Waals surface area contributed by atoms with Gasteiger partial charge < -0.3 is 9.73 Å². The van der Waals surface area contributed by atoms with Crippen LogP contribution in [0.1, 0.15) is 15.9 Å². The van der Waals surface area contributed by atoms with Crippen molar-refractivity contribution in [2.45, 2.75) is 0 Å². The predicted molar refractivity (Wildman–Crippen MR) is 67.8 cm³/mol. The summed E-state index contributed by atoms with van der Waals surface area (Å²) in [7, 11) is 0. The Morgan fingerprint density at radius 1 is 1.33 bits per heavy atom. The van der Waals surface area contributed by atoms with Gasteiger partial charge in [-0.2, -0.15) is 5.26 Å². The summed E-state index contributed by atoms with van der Waals surface area (Å²) >= 11 is 11.6. The van der Waals surface area contributed by atoms with Crippen molar-refractivity contribution in [1.29, 1.82) is 5.26 Å². The summed E-state index contributed by atoms with van der Waals surface area (Å²) in [6.45, 7) is 0. The van der Waals surface area contributed by atoms with Crippen molar-refractivity contribution in [2.75, 3.05) is 5.32 Å². The molecule has 1 amide bonds. The van der Waals surface area contributed by atoms with Crippen LogP contribution in [0, 0.1) is 11.3 Å². The number of carbonyl (C=O) groups is 1. The molecule has 18 heavy (non-hydrogen) atoms. The number of furan rings is 1. The molecule has 2 aromatic rings. The molecule has 0 aliphatic rings. The smallest absolute Gasteiger partial charge is 0.260 e. The van der Waals surface area contributed by atoms with Gasteiger partial charge in [0.05, 0.1) is 34.2 Å². The van der Waals surface area contributed by atoms with E-state index in [9.17, 15) is 4.79 Å². The zero-order valence-corrected chi connectivity index (χ0v) is 10.4. The van der Waals surface area contributed by atoms with Gasteiger partial charge in [-0.25, -0.2) is 0 Å². The molecule has 2 rings (SSSR count). The van der Waals surface area contributed by atoms with Crippen LogP contribution in [0.25, 0.3) is 0 Å². The van der Waals surface area contributed by atoms with Crippen LogP contribution in [-0.2, 0) is 0 Å². The summed E-state index contributed by atoms with van der Waals surface area (Å²) in [6.07, 6.45) is 1.31. The third kappa shape index (κ3) is 2.48. The fraction of sp³-hybridized carbons (Fsp3) is 0. The zero-order chi connectivity index (χ0) is 13.1. The number of carbonyl (C=O) groups excluding carboxylic acids is 1. The highest BCUT2D eigenvalue weighted by molar-refractivity contribution is 6.35. The van der Waals surface area contributed by atoms with Crippen molar-refractivity contribution in [2.24, 2.45) is 0 Å². The average Bonchev–Trinajstić information content (AvgIpc) is 2.78. The maximum absolute atomic E-state index is 11.9. The molecule has 0 spiro atoms. The zero-order valence-electron chi connectivity index (χ0n) is 8.91. The number of benzene rings is 1. The number of amides is 1. The number of nitrogens with zero attached hydrogens (tertiary/aromatic N) is 1. The van der Waals surface area contributed by atoms with Crippen LogP contribution < -0.4 is 5.32 Å². The predicted octanol–water partition coefficient (Wildman–Crippen LogP) is 3.71. The molecule has 0 aliphatic carbocycles. The first-order chi connectivity index (χ1) is 8.61. The van der Waals surface area contributed by atoms with Gasteiger partial charge in [0.15, 0.2) is 0 Å². The molecule has 0 saturated carbocycles. The largest absolute Gasteiger partial charge is 0.452 e. The molecule has 1 N–H and O–H groups in total. The van der Waals surface area contributed by atoms with Crippen molar-refractivity contribution >= 4 is 34.8 Å². The highest BCUT2D eigenvalue weighted by atomic mass is 35.5. The lowest BCUT2D eigenvalue weighted by molar-refractivity contribution is 0.102. The molecule has 0 atom stereocenters. The van der Waals surface area contributed by atoms with Crippen LogP contribution in [-0.4, -0.2) is 5.91 Å². The maximum atomic E-state index is 11.9. The second-order valence-corrected chi connectivity index (χ2v) is 4.12. The minimum absolute atomic E-state index is 0.0000558. The summed E-state index contributed by atoms with van der Waals surface area (Å²) in [4.78, 5) is 11.9. The lowest BCUT2D eigenvalue weighted by Gasteiger charge is -2.06. The Labute approximate surface area is 113 Å². The van der Waals surface area contributed by atoms with E-state index in [0.717, 1.165) is 0 Å². The van der Waals surface area contributed by atoms with Gasteiger partial charge in [0.2, 0.25) is 5.22 Å². The van der Waals surface area contributed by atoms with Crippen molar-refractivity contribution in [3.05, 3.63) is 51.9 Å². The Bertz CT molecular complexity index is 644. The number of nitriles is 1. The molecule has 1 aromatic carbocycles. The number of anilines is 1. The number of hydrogen-bond acceptors (Lipinski definition) is 3. The lowest BCUT2D eigenvalue weighted by Crippen LogP contribution is -2.11. The van der Waals surface area contributed by atoms with Gasteiger partial charge in [0.25, 0.3) is 5.91 Å². The molecular weight excluding hydrogens is 275 g/mol. The van der Waals surface area contributed by atoms with Crippen LogP contribution in [0.5, 0.6) is 0 Å². The average molecular weight is 281 g/mol. The van der Waals surface area contributed by atoms with Gasteiger partial charge in [-0.1, -0.05) is 11.6 Å². The van der Waals surface area contributed by atoms with E-state index >= 15 is 0 Å². The molecule has 6 heteroatoms. The van der Waals surface area contributed by atoms with E-state index in [1.165, 1.54) is 24.5 Å². The van der Waals surface area contributed by atoms with Crippen LogP contribution >= 0.6 is 23.2 Å². The number of rotatable bonds is 2. The van der Waals surface area contributed by atoms with Gasteiger partial charge in [0, 0.05) is 0 Å². The van der Waals surface area contributed by atoms with Gasteiger partial charge in [0.1, 0.15) is 0 Å². The summed E-state index contributed by atoms with van der Waals surface area (Å²) in [5.74, 6) is -0.453. The second kappa shape index (κ2) is 5.13. The van der Waals surface area contributed by atoms with Gasteiger partial charge in [-0.3, -0.25) is 4.79 Å². The van der Waals surface area contributed by atoms with Crippen molar-refractivity contribution in [3.63, 3.8) is 0 Å². The standard InChI is InChI=1S/C12H6Cl2N2O2/c13-9-2-1-7(6-15)5-10(9)16-12(17)8-3-4-18-11(8)14/h1-5H,(H,16,17). The first-order valence-electron chi connectivity index (χ1n) is 4.86. The Balaban J connectivity index is 2.27. The van der Waals surface area contributed by atoms with Crippen LogP contribution in [0.4, 0.5) is 5.69 Å². The Morgan fingerprint density at radius 2 is 2.11 bits per heavy atom. The van der Waals surface area contributed by atoms with Crippen LogP contribution in [0.3, 0.4) is 0 Å². The quantitative estimate of drug-likeness (QED) is 0.912. The topological polar surface area (TPSA) is 66.0 Å². The van der Waals surface area contributed by atoms with E-state index in [4.69, 9.17) is 32.9 Å². The molecule has 90 valence electrons. The Hall–Kier alpha value is -1.96. The second-order valence-electron chi connectivity index (χ2n) is 3.37. The molecule has 0 aliphatic heterocycles. The fourth-order valence-electron chi connectivity index (χ4n) is 1.34. The van der Waals surface area contributed by atoms with Crippen molar-refractivity contribution < 1.29 is 9.21 Å². The third-order valence-corrected chi connectivity index (χ3v) is 2.83. The van der Waals surface area contributed by atoms with E-state index in [2.05, 4.69) is 5.32 Å². The fourth-order valence-corrected chi connectivity index (χ4v) is 1.70. The first-order valence-corrected chi connectivity index (χ1v) is 5.61. The highest BCUT2D eigenvalue weighted by Crippen LogP contribution is 2.25. The van der Waals surface area contributed by atoms with Crippen LogP contribution in [0.2, 0.25) is 10.2 Å². The van der Waals surface area contributed by atoms with Gasteiger partial charge in [-0.15, -0.1) is 0 Å². The molecule has 1 aromatic heterocycles. The molecular formula is C12H6Cl2N2O2. The van der Waals surface area contributed by atoms with Crippen molar-refractivity contribution in [1.82, 2.24) is 0 Å². The molecule has 4 nitrogen and oxygen atoms in total. The molecule has 0 radical (unpaired) electrons. The molecule has 0 bridgehead atoms. The molecule has 0 fully saturated rings. The summed E-state index contributed by atoms with van der Waals surface area (Å²) in [5, 5.41) is 11.7. The number of halogens is 2. The van der Waals surface area contributed by atoms with Gasteiger partial charge in [-0.05, 0) is 35.9 Å². The summed E-state index contributed by atoms with van der Waals surface area (Å²) < 4.78 is 4.82. The molecule has 0 saturated heterocycles. The van der Waals surface area contributed by atoms with Gasteiger partial charge >= 0.3 is 0 Å².